The van der Waals surface area contributed by atoms with E-state index in [4.69, 9.17) is 4.74 Å². The zero-order chi connectivity index (χ0) is 23.4. The molecule has 1 unspecified atom stereocenters. The number of benzene rings is 3. The monoisotopic (exact) mass is 459 g/mol. The van der Waals surface area contributed by atoms with Gasteiger partial charge in [-0.1, -0.05) is 54.1 Å². The molecule has 3 aromatic carbocycles. The first-order chi connectivity index (χ1) is 15.9. The number of hydrogen-bond donors (Lipinski definition) is 1. The van der Waals surface area contributed by atoms with Gasteiger partial charge < -0.3 is 10.1 Å². The van der Waals surface area contributed by atoms with Gasteiger partial charge in [-0.2, -0.15) is 0 Å². The summed E-state index contributed by atoms with van der Waals surface area (Å²) in [5, 5.41) is 2.24. The second kappa shape index (κ2) is 10.0. The molecule has 1 aliphatic carbocycles. The molecule has 0 fully saturated rings. The lowest BCUT2D eigenvalue weighted by Crippen LogP contribution is -2.23. The number of amides is 1. The number of ketones is 1. The molecule has 0 bridgehead atoms. The molecule has 3 aromatic rings. The molecule has 1 amide bonds. The fourth-order valence-electron chi connectivity index (χ4n) is 3.74. The SMILES string of the molecule is Cc1ccc(NC(=O)CSC(C)C(=O)OCC(=O)c2ccc3c(c2)-c2ccccc2C3)cc1. The van der Waals surface area contributed by atoms with Gasteiger partial charge in [0.25, 0.3) is 0 Å². The van der Waals surface area contributed by atoms with Gasteiger partial charge in [0.1, 0.15) is 5.25 Å². The molecule has 168 valence electrons. The maximum atomic E-state index is 12.6. The highest BCUT2D eigenvalue weighted by Gasteiger charge is 2.21. The molecular formula is C27H25NO4S. The smallest absolute Gasteiger partial charge is 0.319 e. The number of fused-ring (bicyclic) bond motifs is 3. The second-order valence-corrected chi connectivity index (χ2v) is 9.43. The van der Waals surface area contributed by atoms with E-state index in [9.17, 15) is 14.4 Å². The number of Topliss-reactive ketones (excluding diaryl/α,β-unsaturated/α-hetero) is 1. The zero-order valence-corrected chi connectivity index (χ0v) is 19.4. The van der Waals surface area contributed by atoms with Crippen LogP contribution in [0.3, 0.4) is 0 Å². The van der Waals surface area contributed by atoms with Crippen molar-refractivity contribution >= 4 is 35.1 Å². The van der Waals surface area contributed by atoms with Gasteiger partial charge in [0.2, 0.25) is 5.91 Å². The van der Waals surface area contributed by atoms with Crippen LogP contribution in [-0.4, -0.2) is 35.3 Å². The quantitative estimate of drug-likeness (QED) is 0.295. The summed E-state index contributed by atoms with van der Waals surface area (Å²) in [6.07, 6.45) is 0.862. The number of aryl methyl sites for hydroxylation is 1. The molecule has 0 spiro atoms. The molecule has 0 saturated heterocycles. The highest BCUT2D eigenvalue weighted by atomic mass is 32.2. The van der Waals surface area contributed by atoms with E-state index in [0.29, 0.717) is 11.3 Å². The minimum atomic E-state index is -0.562. The van der Waals surface area contributed by atoms with Crippen molar-refractivity contribution in [3.8, 4) is 11.1 Å². The molecule has 1 aliphatic rings. The molecule has 0 radical (unpaired) electrons. The Labute approximate surface area is 197 Å². The molecule has 5 nitrogen and oxygen atoms in total. The van der Waals surface area contributed by atoms with E-state index in [1.54, 1.807) is 13.0 Å². The summed E-state index contributed by atoms with van der Waals surface area (Å²) in [5.74, 6) is -0.840. The molecule has 0 aliphatic heterocycles. The number of hydrogen-bond acceptors (Lipinski definition) is 5. The number of ether oxygens (including phenoxy) is 1. The Morgan fingerprint density at radius 3 is 2.48 bits per heavy atom. The zero-order valence-electron chi connectivity index (χ0n) is 18.6. The maximum Gasteiger partial charge on any atom is 0.319 e. The normalized spacial score (nSPS) is 12.4. The summed E-state index contributed by atoms with van der Waals surface area (Å²) in [6, 6.07) is 21.3. The molecule has 1 atom stereocenters. The third-order valence-electron chi connectivity index (χ3n) is 5.60. The molecular weight excluding hydrogens is 434 g/mol. The molecule has 4 rings (SSSR count). The summed E-state index contributed by atoms with van der Waals surface area (Å²) < 4.78 is 5.23. The van der Waals surface area contributed by atoms with Crippen LogP contribution in [0.1, 0.15) is 34.0 Å². The Balaban J connectivity index is 1.26. The van der Waals surface area contributed by atoms with Crippen molar-refractivity contribution in [1.82, 2.24) is 0 Å². The predicted molar refractivity (Wildman–Crippen MR) is 132 cm³/mol. The lowest BCUT2D eigenvalue weighted by atomic mass is 10.0. The van der Waals surface area contributed by atoms with Gasteiger partial charge in [-0.15, -0.1) is 11.8 Å². The van der Waals surface area contributed by atoms with Crippen molar-refractivity contribution < 1.29 is 19.1 Å². The highest BCUT2D eigenvalue weighted by molar-refractivity contribution is 8.01. The molecule has 33 heavy (non-hydrogen) atoms. The Morgan fingerprint density at radius 1 is 0.970 bits per heavy atom. The van der Waals surface area contributed by atoms with Gasteiger partial charge in [0, 0.05) is 11.3 Å². The molecule has 0 saturated carbocycles. The van der Waals surface area contributed by atoms with E-state index in [-0.39, 0.29) is 24.1 Å². The van der Waals surface area contributed by atoms with E-state index in [2.05, 4.69) is 17.4 Å². The first kappa shape index (κ1) is 22.8. The van der Waals surface area contributed by atoms with Gasteiger partial charge >= 0.3 is 5.97 Å². The van der Waals surface area contributed by atoms with Crippen LogP contribution in [0, 0.1) is 6.92 Å². The third-order valence-corrected chi connectivity index (χ3v) is 6.72. The molecule has 1 N–H and O–H groups in total. The van der Waals surface area contributed by atoms with Crippen LogP contribution in [0.2, 0.25) is 0 Å². The number of carbonyl (C=O) groups excluding carboxylic acids is 3. The fraction of sp³-hybridized carbons (Fsp3) is 0.222. The average Bonchev–Trinajstić information content (AvgIpc) is 3.20. The molecule has 6 heteroatoms. The Bertz CT molecular complexity index is 1200. The summed E-state index contributed by atoms with van der Waals surface area (Å²) >= 11 is 1.17. The molecule has 0 heterocycles. The van der Waals surface area contributed by atoms with Crippen LogP contribution in [0.25, 0.3) is 11.1 Å². The number of nitrogens with one attached hydrogen (secondary N) is 1. The number of esters is 1. The second-order valence-electron chi connectivity index (χ2n) is 8.10. The van der Waals surface area contributed by atoms with E-state index < -0.39 is 11.2 Å². The van der Waals surface area contributed by atoms with Crippen LogP contribution in [0.4, 0.5) is 5.69 Å². The van der Waals surface area contributed by atoms with Crippen molar-refractivity contribution in [1.29, 1.82) is 0 Å². The first-order valence-corrected chi connectivity index (χ1v) is 11.8. The summed E-state index contributed by atoms with van der Waals surface area (Å²) in [7, 11) is 0. The van der Waals surface area contributed by atoms with Crippen molar-refractivity contribution in [2.45, 2.75) is 25.5 Å². The number of rotatable bonds is 8. The highest BCUT2D eigenvalue weighted by Crippen LogP contribution is 2.36. The number of thioether (sulfide) groups is 1. The predicted octanol–water partition coefficient (Wildman–Crippen LogP) is 5.05. The summed E-state index contributed by atoms with van der Waals surface area (Å²) in [5.41, 5.74) is 7.00. The summed E-state index contributed by atoms with van der Waals surface area (Å²) in [4.78, 5) is 37.1. The van der Waals surface area contributed by atoms with Crippen molar-refractivity contribution in [3.05, 3.63) is 89.0 Å². The van der Waals surface area contributed by atoms with Gasteiger partial charge in [0.05, 0.1) is 5.75 Å². The van der Waals surface area contributed by atoms with Crippen LogP contribution >= 0.6 is 11.8 Å². The minimum absolute atomic E-state index is 0.113. The lowest BCUT2D eigenvalue weighted by molar-refractivity contribution is -0.141. The third kappa shape index (κ3) is 5.52. The van der Waals surface area contributed by atoms with Crippen LogP contribution in [0.5, 0.6) is 0 Å². The van der Waals surface area contributed by atoms with Crippen LogP contribution in [0.15, 0.2) is 66.7 Å². The maximum absolute atomic E-state index is 12.6. The Hall–Kier alpha value is -3.38. The Morgan fingerprint density at radius 2 is 1.70 bits per heavy atom. The first-order valence-electron chi connectivity index (χ1n) is 10.8. The standard InChI is InChI=1S/C27H25NO4S/c1-17-7-11-22(12-8-17)28-26(30)16-33-18(2)27(31)32-15-25(29)21-10-9-20-13-19-5-3-4-6-23(19)24(20)14-21/h3-12,14,18H,13,15-16H2,1-2H3,(H,28,30). The van der Waals surface area contributed by atoms with E-state index >= 15 is 0 Å². The summed E-state index contributed by atoms with van der Waals surface area (Å²) in [6.45, 7) is 3.32. The van der Waals surface area contributed by atoms with Crippen LogP contribution < -0.4 is 5.32 Å². The fourth-order valence-corrected chi connectivity index (χ4v) is 4.41. The van der Waals surface area contributed by atoms with Crippen LogP contribution in [-0.2, 0) is 20.7 Å². The van der Waals surface area contributed by atoms with E-state index in [1.807, 2.05) is 55.5 Å². The molecule has 0 aromatic heterocycles. The Kier molecular flexibility index (Phi) is 6.94. The lowest BCUT2D eigenvalue weighted by Gasteiger charge is -2.12. The van der Waals surface area contributed by atoms with E-state index in [1.165, 1.54) is 22.9 Å². The van der Waals surface area contributed by atoms with Gasteiger partial charge in [-0.3, -0.25) is 14.4 Å². The number of carbonyl (C=O) groups is 3. The van der Waals surface area contributed by atoms with Gasteiger partial charge in [-0.05, 0) is 60.7 Å². The van der Waals surface area contributed by atoms with Crippen molar-refractivity contribution in [3.63, 3.8) is 0 Å². The van der Waals surface area contributed by atoms with Gasteiger partial charge in [0.15, 0.2) is 12.4 Å². The van der Waals surface area contributed by atoms with Crippen molar-refractivity contribution in [2.75, 3.05) is 17.7 Å². The minimum Gasteiger partial charge on any atom is -0.456 e. The topological polar surface area (TPSA) is 72.5 Å². The largest absolute Gasteiger partial charge is 0.456 e. The number of anilines is 1. The van der Waals surface area contributed by atoms with Crippen molar-refractivity contribution in [2.24, 2.45) is 0 Å². The van der Waals surface area contributed by atoms with Gasteiger partial charge in [-0.25, -0.2) is 0 Å². The average molecular weight is 460 g/mol. The van der Waals surface area contributed by atoms with E-state index in [0.717, 1.165) is 23.1 Å².